The Kier molecular flexibility index (Phi) is 6.25. The molecule has 4 aromatic heterocycles. The topological polar surface area (TPSA) is 48.5 Å². The number of benzene rings is 3. The molecule has 192 valence electrons. The first-order chi connectivity index (χ1) is 19.3. The van der Waals surface area contributed by atoms with Crippen molar-refractivity contribution in [2.24, 2.45) is 0 Å². The Morgan fingerprint density at radius 3 is 1.82 bits per heavy atom. The maximum absolute atomic E-state index is 5.26. The van der Waals surface area contributed by atoms with Gasteiger partial charge in [-0.1, -0.05) is 0 Å². The van der Waals surface area contributed by atoms with Gasteiger partial charge < -0.3 is 0 Å². The van der Waals surface area contributed by atoms with Crippen LogP contribution in [0.4, 0.5) is 0 Å². The fourth-order valence-corrected chi connectivity index (χ4v) is 11.8. The number of nitrogens with zero attached hydrogens (tertiary/aromatic N) is 5. The van der Waals surface area contributed by atoms with Gasteiger partial charge in [-0.3, -0.25) is 0 Å². The van der Waals surface area contributed by atoms with E-state index in [9.17, 15) is 0 Å². The molecule has 0 aliphatic heterocycles. The van der Waals surface area contributed by atoms with Crippen LogP contribution in [0.25, 0.3) is 32.8 Å². The zero-order valence-electron chi connectivity index (χ0n) is 21.1. The number of hydrogen-bond acceptors (Lipinski definition) is 4. The van der Waals surface area contributed by atoms with Gasteiger partial charge in [-0.25, -0.2) is 0 Å². The van der Waals surface area contributed by atoms with E-state index in [1.807, 2.05) is 45.8 Å². The quantitative estimate of drug-likeness (QED) is 0.229. The van der Waals surface area contributed by atoms with Gasteiger partial charge in [-0.2, -0.15) is 0 Å². The summed E-state index contributed by atoms with van der Waals surface area (Å²) in [6.45, 7) is 2.24. The van der Waals surface area contributed by atoms with E-state index in [0.29, 0.717) is 0 Å². The second-order valence-corrected chi connectivity index (χ2v) is 15.3. The molecule has 0 unspecified atom stereocenters. The number of para-hydroxylation sites is 3. The SMILES string of the molecule is Cc1[c]([Ir]([c]2ccn(-c3ccccc3)n2)[c]2ccn(-c3ccccc3)n2)c(-c2cccs2)nc2ccccc12. The van der Waals surface area contributed by atoms with Crippen molar-refractivity contribution in [3.63, 3.8) is 0 Å². The average Bonchev–Trinajstić information content (AvgIpc) is 3.78. The van der Waals surface area contributed by atoms with E-state index in [1.165, 1.54) is 19.9 Å². The molecule has 0 aliphatic carbocycles. The predicted octanol–water partition coefficient (Wildman–Crippen LogP) is 5.54. The van der Waals surface area contributed by atoms with Crippen LogP contribution >= 0.6 is 11.3 Å². The van der Waals surface area contributed by atoms with Crippen LogP contribution in [0, 0.1) is 6.92 Å². The third kappa shape index (κ3) is 4.45. The number of fused-ring (bicyclic) bond motifs is 1. The van der Waals surface area contributed by atoms with Crippen LogP contribution in [-0.4, -0.2) is 24.5 Å². The summed E-state index contributed by atoms with van der Waals surface area (Å²) in [4.78, 5) is 6.44. The van der Waals surface area contributed by atoms with E-state index < -0.39 is 16.5 Å². The first kappa shape index (κ1) is 23.9. The van der Waals surface area contributed by atoms with Crippen molar-refractivity contribution in [1.82, 2.24) is 24.5 Å². The van der Waals surface area contributed by atoms with E-state index in [0.717, 1.165) is 31.0 Å². The Bertz CT molecular complexity index is 1800. The van der Waals surface area contributed by atoms with Crippen molar-refractivity contribution in [3.8, 4) is 21.9 Å². The van der Waals surface area contributed by atoms with E-state index in [1.54, 1.807) is 11.3 Å². The van der Waals surface area contributed by atoms with E-state index >= 15 is 0 Å². The van der Waals surface area contributed by atoms with Crippen LogP contribution in [-0.2, 0) is 16.5 Å². The van der Waals surface area contributed by atoms with Gasteiger partial charge in [0, 0.05) is 0 Å². The molecule has 0 bridgehead atoms. The summed E-state index contributed by atoms with van der Waals surface area (Å²) >= 11 is -0.823. The molecule has 7 rings (SSSR count). The van der Waals surface area contributed by atoms with Crippen molar-refractivity contribution in [1.29, 1.82) is 0 Å². The van der Waals surface area contributed by atoms with Gasteiger partial charge in [0.05, 0.1) is 0 Å². The molecule has 7 heteroatoms. The van der Waals surface area contributed by atoms with Crippen LogP contribution in [0.1, 0.15) is 5.56 Å². The maximum atomic E-state index is 5.26. The van der Waals surface area contributed by atoms with Crippen LogP contribution in [0.5, 0.6) is 0 Å². The predicted molar refractivity (Wildman–Crippen MR) is 156 cm³/mol. The molecule has 0 N–H and O–H groups in total. The molecule has 0 saturated heterocycles. The number of aryl methyl sites for hydroxylation is 1. The van der Waals surface area contributed by atoms with Crippen molar-refractivity contribution >= 4 is 34.7 Å². The van der Waals surface area contributed by atoms with Crippen molar-refractivity contribution in [2.45, 2.75) is 6.92 Å². The summed E-state index contributed by atoms with van der Waals surface area (Å²) in [5.74, 6) is 0. The van der Waals surface area contributed by atoms with Gasteiger partial charge in [0.1, 0.15) is 0 Å². The van der Waals surface area contributed by atoms with Crippen LogP contribution < -0.4 is 12.5 Å². The summed E-state index contributed by atoms with van der Waals surface area (Å²) in [7, 11) is 0. The molecule has 0 aliphatic rings. The second kappa shape index (κ2) is 10.2. The van der Waals surface area contributed by atoms with Crippen molar-refractivity contribution in [3.05, 3.63) is 133 Å². The standard InChI is InChI=1S/C14H10NS.2C9H7N2.Ir/c1-10-9-13(14-7-4-8-16-14)15-12-6-3-2-5-11(10)12;2*1-2-5-9(6-3-1)11-8-4-7-10-11;/h2-8H,1H3;2*1-6,8H;. The van der Waals surface area contributed by atoms with Gasteiger partial charge in [0.2, 0.25) is 0 Å². The van der Waals surface area contributed by atoms with Gasteiger partial charge in [-0.05, 0) is 0 Å². The van der Waals surface area contributed by atoms with Gasteiger partial charge >= 0.3 is 237 Å². The number of rotatable bonds is 6. The third-order valence-corrected chi connectivity index (χ3v) is 13.7. The molecule has 4 heterocycles. The molecule has 3 aromatic carbocycles. The Morgan fingerprint density at radius 1 is 0.641 bits per heavy atom. The summed E-state index contributed by atoms with van der Waals surface area (Å²) in [6, 6.07) is 37.6. The number of hydrogen-bond donors (Lipinski definition) is 0. The van der Waals surface area contributed by atoms with Crippen molar-refractivity contribution < 1.29 is 16.5 Å². The van der Waals surface area contributed by atoms with E-state index in [-0.39, 0.29) is 0 Å². The molecule has 0 spiro atoms. The second-order valence-electron chi connectivity index (χ2n) is 8.91. The monoisotopic (exact) mass is 703 g/mol. The molecule has 0 amide bonds. The zero-order valence-corrected chi connectivity index (χ0v) is 24.3. The number of thiophene rings is 1. The average molecular weight is 703 g/mol. The first-order valence-electron chi connectivity index (χ1n) is 12.5. The van der Waals surface area contributed by atoms with E-state index in [2.05, 4.69) is 97.5 Å². The van der Waals surface area contributed by atoms with Crippen molar-refractivity contribution in [2.75, 3.05) is 0 Å². The van der Waals surface area contributed by atoms with Crippen LogP contribution in [0.2, 0.25) is 0 Å². The fourth-order valence-electron chi connectivity index (χ4n) is 4.59. The summed E-state index contributed by atoms with van der Waals surface area (Å²) in [6.07, 6.45) is 4.14. The zero-order chi connectivity index (χ0) is 26.2. The third-order valence-electron chi connectivity index (χ3n) is 6.44. The molecular weight excluding hydrogens is 679 g/mol. The number of aromatic nitrogens is 5. The number of pyridine rings is 1. The molecule has 5 nitrogen and oxygen atoms in total. The Hall–Kier alpha value is -4.16. The summed E-state index contributed by atoms with van der Waals surface area (Å²) in [5, 5.41) is 13.7. The van der Waals surface area contributed by atoms with E-state index in [4.69, 9.17) is 15.2 Å². The summed E-state index contributed by atoms with van der Waals surface area (Å²) in [5.41, 5.74) is 5.43. The first-order valence-corrected chi connectivity index (χ1v) is 17.0. The molecular formula is C32H24IrN5S. The molecule has 39 heavy (non-hydrogen) atoms. The summed E-state index contributed by atoms with van der Waals surface area (Å²) < 4.78 is 7.44. The Balaban J connectivity index is 1.48. The molecule has 0 radical (unpaired) electrons. The minimum atomic E-state index is -2.56. The van der Waals surface area contributed by atoms with Crippen LogP contribution in [0.15, 0.2) is 127 Å². The Labute approximate surface area is 236 Å². The van der Waals surface area contributed by atoms with Crippen LogP contribution in [0.3, 0.4) is 0 Å². The van der Waals surface area contributed by atoms with Gasteiger partial charge in [0.25, 0.3) is 0 Å². The Morgan fingerprint density at radius 2 is 1.23 bits per heavy atom. The molecule has 0 atom stereocenters. The normalized spacial score (nSPS) is 11.7. The molecule has 7 aromatic rings. The molecule has 0 fully saturated rings. The van der Waals surface area contributed by atoms with Gasteiger partial charge in [0.15, 0.2) is 0 Å². The van der Waals surface area contributed by atoms with Gasteiger partial charge in [-0.15, -0.1) is 0 Å². The fraction of sp³-hybridized carbons (Fsp3) is 0.0312. The minimum absolute atomic E-state index is 1.02. The molecule has 0 saturated carbocycles.